The summed E-state index contributed by atoms with van der Waals surface area (Å²) in [5.41, 5.74) is 2.75. The molecule has 3 unspecified atom stereocenters. The molecule has 0 saturated carbocycles. The molecule has 0 bridgehead atoms. The lowest BCUT2D eigenvalue weighted by atomic mass is 9.93. The van der Waals surface area contributed by atoms with Crippen LogP contribution in [0.1, 0.15) is 82.7 Å². The van der Waals surface area contributed by atoms with E-state index in [1.807, 2.05) is 69.3 Å². The molecule has 0 saturated heterocycles. The number of aliphatic hydroxyl groups excluding tert-OH is 1. The third kappa shape index (κ3) is 9.97. The maximum Gasteiger partial charge on any atom is 0.408 e. The third-order valence-electron chi connectivity index (χ3n) is 6.62. The lowest BCUT2D eigenvalue weighted by molar-refractivity contribution is -0.146. The highest BCUT2D eigenvalue weighted by Crippen LogP contribution is 2.30. The predicted octanol–water partition coefficient (Wildman–Crippen LogP) is 5.20. The Labute approximate surface area is 239 Å². The Kier molecular flexibility index (Phi) is 12.2. The number of amides is 3. The van der Waals surface area contributed by atoms with Crippen molar-refractivity contribution in [3.05, 3.63) is 70.8 Å². The van der Waals surface area contributed by atoms with Crippen molar-refractivity contribution >= 4 is 17.9 Å². The fraction of sp³-hybridized carbons (Fsp3) is 0.531. The van der Waals surface area contributed by atoms with E-state index in [1.165, 1.54) is 4.90 Å². The van der Waals surface area contributed by atoms with Crippen LogP contribution in [0.15, 0.2) is 48.5 Å². The molecule has 220 valence electrons. The van der Waals surface area contributed by atoms with E-state index in [0.717, 1.165) is 23.1 Å². The van der Waals surface area contributed by atoms with Crippen molar-refractivity contribution in [2.75, 3.05) is 6.61 Å². The number of alkyl carbamates (subject to hydrolysis) is 1. The van der Waals surface area contributed by atoms with E-state index < -0.39 is 36.3 Å². The maximum absolute atomic E-state index is 14.1. The van der Waals surface area contributed by atoms with Gasteiger partial charge in [-0.2, -0.15) is 0 Å². The first-order valence-corrected chi connectivity index (χ1v) is 14.0. The molecule has 0 spiro atoms. The number of benzene rings is 2. The fourth-order valence-corrected chi connectivity index (χ4v) is 4.56. The summed E-state index contributed by atoms with van der Waals surface area (Å²) >= 11 is 0. The number of hydrogen-bond donors (Lipinski definition) is 3. The molecular formula is C32H47N3O5. The monoisotopic (exact) mass is 553 g/mol. The summed E-state index contributed by atoms with van der Waals surface area (Å²) in [6.07, 6.45) is 0.659. The minimum Gasteiger partial charge on any atom is -0.444 e. The Bertz CT molecular complexity index is 1130. The molecule has 0 aliphatic rings. The van der Waals surface area contributed by atoms with Gasteiger partial charge in [0.25, 0.3) is 0 Å². The first-order chi connectivity index (χ1) is 18.7. The smallest absolute Gasteiger partial charge is 0.408 e. The van der Waals surface area contributed by atoms with E-state index in [-0.39, 0.29) is 11.9 Å². The van der Waals surface area contributed by atoms with E-state index in [1.54, 1.807) is 20.8 Å². The molecular weight excluding hydrogens is 506 g/mol. The Morgan fingerprint density at radius 3 is 2.17 bits per heavy atom. The van der Waals surface area contributed by atoms with E-state index in [0.29, 0.717) is 24.4 Å². The molecule has 2 rings (SSSR count). The van der Waals surface area contributed by atoms with Gasteiger partial charge in [0.05, 0.1) is 6.61 Å². The highest BCUT2D eigenvalue weighted by Gasteiger charge is 2.39. The topological polar surface area (TPSA) is 108 Å². The van der Waals surface area contributed by atoms with Crippen molar-refractivity contribution in [2.45, 2.75) is 98.5 Å². The van der Waals surface area contributed by atoms with Crippen LogP contribution in [0, 0.1) is 19.8 Å². The van der Waals surface area contributed by atoms with Crippen molar-refractivity contribution in [1.82, 2.24) is 15.5 Å². The third-order valence-corrected chi connectivity index (χ3v) is 6.62. The number of carbonyl (C=O) groups is 3. The first-order valence-electron chi connectivity index (χ1n) is 14.0. The van der Waals surface area contributed by atoms with Crippen molar-refractivity contribution in [1.29, 1.82) is 0 Å². The summed E-state index contributed by atoms with van der Waals surface area (Å²) in [5.74, 6) is -0.502. The Hall–Kier alpha value is -3.39. The summed E-state index contributed by atoms with van der Waals surface area (Å²) in [6.45, 7) is 14.8. The summed E-state index contributed by atoms with van der Waals surface area (Å²) in [6, 6.07) is 12.7. The van der Waals surface area contributed by atoms with Crippen LogP contribution in [-0.2, 0) is 20.9 Å². The van der Waals surface area contributed by atoms with Crippen LogP contribution < -0.4 is 10.6 Å². The van der Waals surface area contributed by atoms with Crippen LogP contribution in [0.2, 0.25) is 0 Å². The largest absolute Gasteiger partial charge is 0.444 e. The van der Waals surface area contributed by atoms with Gasteiger partial charge in [0.2, 0.25) is 11.8 Å². The van der Waals surface area contributed by atoms with Gasteiger partial charge in [-0.1, -0.05) is 67.9 Å². The average molecular weight is 554 g/mol. The predicted molar refractivity (Wildman–Crippen MR) is 158 cm³/mol. The van der Waals surface area contributed by atoms with Gasteiger partial charge in [-0.3, -0.25) is 9.59 Å². The molecule has 40 heavy (non-hydrogen) atoms. The molecule has 0 radical (unpaired) electrons. The van der Waals surface area contributed by atoms with Crippen LogP contribution >= 0.6 is 0 Å². The Balaban J connectivity index is 2.54. The number of hydrogen-bond acceptors (Lipinski definition) is 5. The van der Waals surface area contributed by atoms with E-state index >= 15 is 0 Å². The minimum absolute atomic E-state index is 0.295. The van der Waals surface area contributed by atoms with Gasteiger partial charge >= 0.3 is 6.09 Å². The highest BCUT2D eigenvalue weighted by atomic mass is 16.6. The molecule has 0 aliphatic heterocycles. The molecule has 2 aromatic rings. The maximum atomic E-state index is 14.1. The van der Waals surface area contributed by atoms with Gasteiger partial charge in [-0.15, -0.1) is 0 Å². The lowest BCUT2D eigenvalue weighted by Gasteiger charge is -2.39. The highest BCUT2D eigenvalue weighted by molar-refractivity contribution is 5.92. The molecule has 8 heteroatoms. The fourth-order valence-electron chi connectivity index (χ4n) is 4.56. The zero-order valence-corrected chi connectivity index (χ0v) is 25.3. The first kappa shape index (κ1) is 32.8. The normalized spacial score (nSPS) is 13.8. The van der Waals surface area contributed by atoms with Crippen molar-refractivity contribution in [2.24, 2.45) is 5.92 Å². The number of carbonyl (C=O) groups excluding carboxylic acids is 3. The molecule has 0 aromatic heterocycles. The summed E-state index contributed by atoms with van der Waals surface area (Å²) < 4.78 is 5.34. The van der Waals surface area contributed by atoms with Crippen molar-refractivity contribution in [3.8, 4) is 0 Å². The number of nitrogens with zero attached hydrogens (tertiary/aromatic N) is 1. The number of rotatable bonds is 12. The van der Waals surface area contributed by atoms with Gasteiger partial charge in [0, 0.05) is 12.6 Å². The molecule has 3 N–H and O–H groups in total. The van der Waals surface area contributed by atoms with Crippen LogP contribution in [0.3, 0.4) is 0 Å². The number of aryl methyl sites for hydroxylation is 2. The van der Waals surface area contributed by atoms with E-state index in [2.05, 4.69) is 24.5 Å². The van der Waals surface area contributed by atoms with Gasteiger partial charge in [0.15, 0.2) is 0 Å². The molecule has 3 atom stereocenters. The average Bonchev–Trinajstić information content (AvgIpc) is 2.87. The van der Waals surface area contributed by atoms with Gasteiger partial charge in [0.1, 0.15) is 17.7 Å². The van der Waals surface area contributed by atoms with Crippen LogP contribution in [-0.4, -0.2) is 52.2 Å². The van der Waals surface area contributed by atoms with E-state index in [9.17, 15) is 19.5 Å². The molecule has 2 aromatic carbocycles. The zero-order chi connectivity index (χ0) is 30.0. The summed E-state index contributed by atoms with van der Waals surface area (Å²) in [4.78, 5) is 42.2. The number of aliphatic hydroxyl groups is 1. The second-order valence-electron chi connectivity index (χ2n) is 11.9. The quantitative estimate of drug-likeness (QED) is 0.335. The Morgan fingerprint density at radius 1 is 0.975 bits per heavy atom. The number of nitrogens with one attached hydrogen (secondary N) is 2. The van der Waals surface area contributed by atoms with Gasteiger partial charge < -0.3 is 25.4 Å². The standard InChI is InChI=1S/C32H47N3O5/c1-21(2)14-16-24(5)35(30(38)27(20-36)34-31(39)40-32(6,7)8)28(26-17-15-22(3)18-23(26)4)29(37)33-19-25-12-10-9-11-13-25/h9-13,15,17-18,21,24,27-28,36H,14,16,19-20H2,1-8H3,(H,33,37)(H,34,39). The molecule has 3 amide bonds. The van der Waals surface area contributed by atoms with Gasteiger partial charge in [-0.05, 0) is 77.0 Å². The van der Waals surface area contributed by atoms with Crippen LogP contribution in [0.4, 0.5) is 4.79 Å². The minimum atomic E-state index is -1.29. The summed E-state index contributed by atoms with van der Waals surface area (Å²) in [5, 5.41) is 15.7. The van der Waals surface area contributed by atoms with Crippen molar-refractivity contribution in [3.63, 3.8) is 0 Å². The second kappa shape index (κ2) is 14.8. The summed E-state index contributed by atoms with van der Waals surface area (Å²) in [7, 11) is 0. The lowest BCUT2D eigenvalue weighted by Crippen LogP contribution is -2.56. The Morgan fingerprint density at radius 2 is 1.62 bits per heavy atom. The number of ether oxygens (including phenoxy) is 1. The molecule has 0 fully saturated rings. The van der Waals surface area contributed by atoms with Gasteiger partial charge in [-0.25, -0.2) is 4.79 Å². The molecule has 0 aliphatic carbocycles. The second-order valence-corrected chi connectivity index (χ2v) is 11.9. The SMILES string of the molecule is Cc1ccc(C(C(=O)NCc2ccccc2)N(C(=O)C(CO)NC(=O)OC(C)(C)C)C(C)CCC(C)C)c(C)c1. The zero-order valence-electron chi connectivity index (χ0n) is 25.3. The van der Waals surface area contributed by atoms with Crippen molar-refractivity contribution < 1.29 is 24.2 Å². The molecule has 8 nitrogen and oxygen atoms in total. The van der Waals surface area contributed by atoms with Crippen LogP contribution in [0.25, 0.3) is 0 Å². The molecule has 0 heterocycles. The van der Waals surface area contributed by atoms with E-state index in [4.69, 9.17) is 4.74 Å². The van der Waals surface area contributed by atoms with Crippen LogP contribution in [0.5, 0.6) is 0 Å².